The van der Waals surface area contributed by atoms with Crippen molar-refractivity contribution in [2.75, 3.05) is 6.54 Å². The molecule has 19 heavy (non-hydrogen) atoms. The number of rotatable bonds is 3. The summed E-state index contributed by atoms with van der Waals surface area (Å²) in [5, 5.41) is 2.86. The number of nitrogens with one attached hydrogen (secondary N) is 1. The number of hydrogen-bond acceptors (Lipinski definition) is 3. The van der Waals surface area contributed by atoms with Crippen molar-refractivity contribution in [3.05, 3.63) is 34.3 Å². The molecule has 0 spiro atoms. The fourth-order valence-corrected chi connectivity index (χ4v) is 2.20. The Labute approximate surface area is 115 Å². The molecule has 1 aromatic carbocycles. The highest BCUT2D eigenvalue weighted by Gasteiger charge is 2.38. The first-order valence-electron chi connectivity index (χ1n) is 5.86. The number of carbonyl (C=O) groups excluding carboxylic acids is 3. The van der Waals surface area contributed by atoms with E-state index >= 15 is 0 Å². The summed E-state index contributed by atoms with van der Waals surface area (Å²) in [6.07, 6.45) is 0. The summed E-state index contributed by atoms with van der Waals surface area (Å²) in [7, 11) is 0. The van der Waals surface area contributed by atoms with Gasteiger partial charge < -0.3 is 5.32 Å². The summed E-state index contributed by atoms with van der Waals surface area (Å²) in [5.74, 6) is -1.38. The van der Waals surface area contributed by atoms with E-state index in [1.54, 1.807) is 26.0 Å². The smallest absolute Gasteiger partial charge is 0.263 e. The largest absolute Gasteiger partial charge is 0.352 e. The fourth-order valence-electron chi connectivity index (χ4n) is 1.95. The van der Waals surface area contributed by atoms with Gasteiger partial charge in [-0.25, -0.2) is 0 Å². The second-order valence-electron chi connectivity index (χ2n) is 4.58. The summed E-state index contributed by atoms with van der Waals surface area (Å²) < 4.78 is 0. The zero-order valence-electron chi connectivity index (χ0n) is 10.6. The number of hydrogen-bond donors (Lipinski definition) is 1. The third kappa shape index (κ3) is 2.46. The average molecular weight is 281 g/mol. The van der Waals surface area contributed by atoms with Gasteiger partial charge in [-0.2, -0.15) is 0 Å². The predicted octanol–water partition coefficient (Wildman–Crippen LogP) is 1.46. The minimum atomic E-state index is -0.524. The van der Waals surface area contributed by atoms with Crippen LogP contribution in [0, 0.1) is 0 Å². The molecular formula is C13H13ClN2O3. The number of halogens is 1. The first-order chi connectivity index (χ1) is 8.91. The van der Waals surface area contributed by atoms with Gasteiger partial charge in [0, 0.05) is 6.04 Å². The van der Waals surface area contributed by atoms with Crippen LogP contribution in [-0.4, -0.2) is 35.2 Å². The van der Waals surface area contributed by atoms with E-state index in [9.17, 15) is 14.4 Å². The molecule has 0 saturated carbocycles. The molecule has 0 bridgehead atoms. The van der Waals surface area contributed by atoms with E-state index in [-0.39, 0.29) is 34.6 Å². The van der Waals surface area contributed by atoms with E-state index in [0.29, 0.717) is 0 Å². The summed E-state index contributed by atoms with van der Waals surface area (Å²) in [4.78, 5) is 36.7. The van der Waals surface area contributed by atoms with Gasteiger partial charge in [-0.15, -0.1) is 0 Å². The Morgan fingerprint density at radius 1 is 1.32 bits per heavy atom. The summed E-state index contributed by atoms with van der Waals surface area (Å²) in [6.45, 7) is 3.31. The lowest BCUT2D eigenvalue weighted by Crippen LogP contribution is -2.42. The highest BCUT2D eigenvalue weighted by atomic mass is 35.5. The molecule has 1 heterocycles. The third-order valence-corrected chi connectivity index (χ3v) is 3.01. The number of imide groups is 1. The van der Waals surface area contributed by atoms with Crippen LogP contribution in [0.2, 0.25) is 5.02 Å². The molecular weight excluding hydrogens is 268 g/mol. The SMILES string of the molecule is CC(C)NC(=O)CN1C(=O)c2cccc(Cl)c2C1=O. The van der Waals surface area contributed by atoms with E-state index in [2.05, 4.69) is 5.32 Å². The van der Waals surface area contributed by atoms with Crippen molar-refractivity contribution >= 4 is 29.3 Å². The minimum absolute atomic E-state index is 0.0497. The van der Waals surface area contributed by atoms with Crippen molar-refractivity contribution in [2.45, 2.75) is 19.9 Å². The molecule has 1 aliphatic rings. The standard InChI is InChI=1S/C13H13ClN2O3/c1-7(2)15-10(17)6-16-12(18)8-4-3-5-9(14)11(8)13(16)19/h3-5,7H,6H2,1-2H3,(H,15,17). The van der Waals surface area contributed by atoms with Crippen LogP contribution in [0.15, 0.2) is 18.2 Å². The molecule has 1 N–H and O–H groups in total. The van der Waals surface area contributed by atoms with E-state index < -0.39 is 11.8 Å². The number of benzene rings is 1. The lowest BCUT2D eigenvalue weighted by Gasteiger charge is -2.15. The molecule has 100 valence electrons. The van der Waals surface area contributed by atoms with Gasteiger partial charge in [0.1, 0.15) is 6.54 Å². The average Bonchev–Trinajstić information content (AvgIpc) is 2.54. The molecule has 0 aromatic heterocycles. The van der Waals surface area contributed by atoms with Crippen LogP contribution >= 0.6 is 11.6 Å². The zero-order valence-corrected chi connectivity index (χ0v) is 11.3. The Hall–Kier alpha value is -1.88. The van der Waals surface area contributed by atoms with Crippen molar-refractivity contribution in [3.63, 3.8) is 0 Å². The Morgan fingerprint density at radius 2 is 2.00 bits per heavy atom. The van der Waals surface area contributed by atoms with Gasteiger partial charge in [0.2, 0.25) is 5.91 Å². The number of carbonyl (C=O) groups is 3. The van der Waals surface area contributed by atoms with Gasteiger partial charge in [-0.3, -0.25) is 19.3 Å². The number of fused-ring (bicyclic) bond motifs is 1. The van der Waals surface area contributed by atoms with Gasteiger partial charge in [-0.1, -0.05) is 17.7 Å². The molecule has 1 aromatic rings. The summed E-state index contributed by atoms with van der Waals surface area (Å²) >= 11 is 5.92. The van der Waals surface area contributed by atoms with Crippen LogP contribution < -0.4 is 5.32 Å². The molecule has 1 aliphatic heterocycles. The Morgan fingerprint density at radius 3 is 2.58 bits per heavy atom. The molecule has 0 unspecified atom stereocenters. The van der Waals surface area contributed by atoms with Crippen LogP contribution in [0.1, 0.15) is 34.6 Å². The van der Waals surface area contributed by atoms with Crippen LogP contribution in [0.4, 0.5) is 0 Å². The van der Waals surface area contributed by atoms with Gasteiger partial charge in [-0.05, 0) is 26.0 Å². The minimum Gasteiger partial charge on any atom is -0.352 e. The number of nitrogens with zero attached hydrogens (tertiary/aromatic N) is 1. The fraction of sp³-hybridized carbons (Fsp3) is 0.308. The Balaban J connectivity index is 2.23. The molecule has 0 aliphatic carbocycles. The van der Waals surface area contributed by atoms with Crippen molar-refractivity contribution in [2.24, 2.45) is 0 Å². The van der Waals surface area contributed by atoms with Gasteiger partial charge in [0.15, 0.2) is 0 Å². The first-order valence-corrected chi connectivity index (χ1v) is 6.23. The van der Waals surface area contributed by atoms with Crippen LogP contribution in [0.25, 0.3) is 0 Å². The lowest BCUT2D eigenvalue weighted by atomic mass is 10.1. The van der Waals surface area contributed by atoms with Gasteiger partial charge in [0.05, 0.1) is 16.1 Å². The van der Waals surface area contributed by atoms with Gasteiger partial charge in [0.25, 0.3) is 11.8 Å². The summed E-state index contributed by atoms with van der Waals surface area (Å²) in [6, 6.07) is 4.63. The topological polar surface area (TPSA) is 66.5 Å². The molecule has 0 atom stereocenters. The molecule has 5 nitrogen and oxygen atoms in total. The maximum atomic E-state index is 12.1. The van der Waals surface area contributed by atoms with Crippen molar-refractivity contribution in [3.8, 4) is 0 Å². The normalized spacial score (nSPS) is 14.0. The van der Waals surface area contributed by atoms with Crippen LogP contribution in [-0.2, 0) is 4.79 Å². The lowest BCUT2D eigenvalue weighted by molar-refractivity contribution is -0.121. The number of amides is 3. The summed E-state index contributed by atoms with van der Waals surface area (Å²) in [5.41, 5.74) is 0.418. The van der Waals surface area contributed by atoms with E-state index in [1.165, 1.54) is 6.07 Å². The van der Waals surface area contributed by atoms with Crippen molar-refractivity contribution in [1.29, 1.82) is 0 Å². The second kappa shape index (κ2) is 5.01. The quantitative estimate of drug-likeness (QED) is 0.853. The van der Waals surface area contributed by atoms with Crippen LogP contribution in [0.3, 0.4) is 0 Å². The van der Waals surface area contributed by atoms with E-state index in [0.717, 1.165) is 4.90 Å². The molecule has 0 saturated heterocycles. The van der Waals surface area contributed by atoms with Crippen molar-refractivity contribution < 1.29 is 14.4 Å². The molecule has 6 heteroatoms. The van der Waals surface area contributed by atoms with Gasteiger partial charge >= 0.3 is 0 Å². The Kier molecular flexibility index (Phi) is 3.57. The van der Waals surface area contributed by atoms with Crippen LogP contribution in [0.5, 0.6) is 0 Å². The van der Waals surface area contributed by atoms with Crippen molar-refractivity contribution in [1.82, 2.24) is 10.2 Å². The second-order valence-corrected chi connectivity index (χ2v) is 4.99. The highest BCUT2D eigenvalue weighted by Crippen LogP contribution is 2.28. The first kappa shape index (κ1) is 13.5. The molecule has 3 amide bonds. The highest BCUT2D eigenvalue weighted by molar-refractivity contribution is 6.37. The van der Waals surface area contributed by atoms with E-state index in [1.807, 2.05) is 0 Å². The molecule has 2 rings (SSSR count). The maximum absolute atomic E-state index is 12.1. The third-order valence-electron chi connectivity index (χ3n) is 2.70. The zero-order chi connectivity index (χ0) is 14.2. The molecule has 0 fully saturated rings. The molecule has 0 radical (unpaired) electrons. The maximum Gasteiger partial charge on any atom is 0.263 e. The Bertz CT molecular complexity index is 569. The van der Waals surface area contributed by atoms with E-state index in [4.69, 9.17) is 11.6 Å². The monoisotopic (exact) mass is 280 g/mol. The predicted molar refractivity (Wildman–Crippen MR) is 70.1 cm³/mol.